The van der Waals surface area contributed by atoms with Crippen LogP contribution in [0.2, 0.25) is 0 Å². The van der Waals surface area contributed by atoms with Crippen LogP contribution in [-0.4, -0.2) is 69.1 Å². The maximum atomic E-state index is 12.3. The van der Waals surface area contributed by atoms with Crippen LogP contribution < -0.4 is 16.4 Å². The number of aromatic nitrogens is 1. The van der Waals surface area contributed by atoms with E-state index in [9.17, 15) is 19.8 Å². The molecule has 1 aromatic rings. The number of hydrogen-bond acceptors (Lipinski definition) is 8. The number of nitrogens with one attached hydrogen (secondary N) is 2. The number of aliphatic hydroxyl groups excluding tert-OH is 2. The minimum atomic E-state index is -0.861. The molecule has 0 spiro atoms. The van der Waals surface area contributed by atoms with Crippen molar-refractivity contribution in [2.75, 3.05) is 17.7 Å². The quantitative estimate of drug-likeness (QED) is 0.393. The van der Waals surface area contributed by atoms with Gasteiger partial charge in [0.05, 0.1) is 30.9 Å². The number of nitrogens with zero attached hydrogens (tertiary/aromatic N) is 1. The van der Waals surface area contributed by atoms with Crippen molar-refractivity contribution in [1.29, 1.82) is 0 Å². The second-order valence-corrected chi connectivity index (χ2v) is 7.78. The fraction of sp³-hybridized carbons (Fsp3) is 0.611. The molecule has 5 atom stereocenters. The molecule has 2 unspecified atom stereocenters. The molecule has 0 aliphatic carbocycles. The van der Waals surface area contributed by atoms with Gasteiger partial charge in [-0.15, -0.1) is 11.8 Å². The maximum absolute atomic E-state index is 12.3. The number of hydrogen-bond donors (Lipinski definition) is 5. The highest BCUT2D eigenvalue weighted by atomic mass is 32.2. The first-order valence-electron chi connectivity index (χ1n) is 9.19. The Morgan fingerprint density at radius 1 is 1.46 bits per heavy atom. The molecule has 0 radical (unpaired) electrons. The molecule has 9 nitrogen and oxygen atoms in total. The van der Waals surface area contributed by atoms with Gasteiger partial charge in [0.1, 0.15) is 11.3 Å². The first-order valence-corrected chi connectivity index (χ1v) is 10.2. The summed E-state index contributed by atoms with van der Waals surface area (Å²) in [5.41, 5.74) is 6.12. The fourth-order valence-corrected chi connectivity index (χ4v) is 3.99. The van der Waals surface area contributed by atoms with Crippen LogP contribution in [0.5, 0.6) is 0 Å². The molecule has 2 amide bonds. The zero-order valence-corrected chi connectivity index (χ0v) is 16.8. The summed E-state index contributed by atoms with van der Waals surface area (Å²) in [6, 6.07) is 3.79. The summed E-state index contributed by atoms with van der Waals surface area (Å²) in [5, 5.41) is 25.1. The molecular formula is C18H28N4O5S. The smallest absolute Gasteiger partial charge is 0.243 e. The molecule has 0 bridgehead atoms. The molecule has 10 heteroatoms. The summed E-state index contributed by atoms with van der Waals surface area (Å²) in [7, 11) is 0. The van der Waals surface area contributed by atoms with Gasteiger partial charge in [0, 0.05) is 24.3 Å². The van der Waals surface area contributed by atoms with Gasteiger partial charge >= 0.3 is 0 Å². The SMILES string of the molecule is CCC(=O)N[C@@H]1C(O)C[C@@H](CO)O[C@H]1SCC(N)C(=O)Nc1cccc(C)n1. The van der Waals surface area contributed by atoms with Crippen LogP contribution in [-0.2, 0) is 14.3 Å². The predicted molar refractivity (Wildman–Crippen MR) is 107 cm³/mol. The average molecular weight is 413 g/mol. The molecule has 28 heavy (non-hydrogen) atoms. The number of carbonyl (C=O) groups is 2. The third-order valence-corrected chi connectivity index (χ3v) is 5.59. The highest BCUT2D eigenvalue weighted by molar-refractivity contribution is 7.99. The Balaban J connectivity index is 1.95. The van der Waals surface area contributed by atoms with Crippen LogP contribution in [0.4, 0.5) is 5.82 Å². The van der Waals surface area contributed by atoms with Crippen molar-refractivity contribution in [2.24, 2.45) is 5.73 Å². The van der Waals surface area contributed by atoms with Crippen molar-refractivity contribution in [1.82, 2.24) is 10.3 Å². The number of carbonyl (C=O) groups excluding carboxylic acids is 2. The number of aliphatic hydroxyl groups is 2. The fourth-order valence-electron chi connectivity index (χ4n) is 2.75. The van der Waals surface area contributed by atoms with Crippen molar-refractivity contribution < 1.29 is 24.5 Å². The number of anilines is 1. The monoisotopic (exact) mass is 412 g/mol. The van der Waals surface area contributed by atoms with Crippen molar-refractivity contribution in [3.63, 3.8) is 0 Å². The van der Waals surface area contributed by atoms with E-state index in [2.05, 4.69) is 15.6 Å². The van der Waals surface area contributed by atoms with Crippen molar-refractivity contribution in [2.45, 2.75) is 56.4 Å². The highest BCUT2D eigenvalue weighted by Crippen LogP contribution is 2.28. The molecule has 1 aliphatic heterocycles. The third-order valence-electron chi connectivity index (χ3n) is 4.31. The van der Waals surface area contributed by atoms with Gasteiger partial charge in [0.15, 0.2) is 0 Å². The number of pyridine rings is 1. The summed E-state index contributed by atoms with van der Waals surface area (Å²) in [4.78, 5) is 28.3. The van der Waals surface area contributed by atoms with Crippen molar-refractivity contribution in [3.8, 4) is 0 Å². The highest BCUT2D eigenvalue weighted by Gasteiger charge is 2.39. The Hall–Kier alpha value is -1.72. The van der Waals surface area contributed by atoms with Gasteiger partial charge in [-0.25, -0.2) is 4.98 Å². The van der Waals surface area contributed by atoms with Gasteiger partial charge in [-0.3, -0.25) is 9.59 Å². The minimum Gasteiger partial charge on any atom is -0.394 e. The molecule has 1 saturated heterocycles. The number of nitrogens with two attached hydrogens (primary N) is 1. The van der Waals surface area contributed by atoms with Gasteiger partial charge < -0.3 is 31.3 Å². The summed E-state index contributed by atoms with van der Waals surface area (Å²) < 4.78 is 5.77. The van der Waals surface area contributed by atoms with Crippen molar-refractivity contribution in [3.05, 3.63) is 23.9 Å². The number of aryl methyl sites for hydroxylation is 1. The Morgan fingerprint density at radius 2 is 2.21 bits per heavy atom. The van der Waals surface area contributed by atoms with E-state index in [0.29, 0.717) is 5.82 Å². The van der Waals surface area contributed by atoms with Crippen LogP contribution in [0.15, 0.2) is 18.2 Å². The van der Waals surface area contributed by atoms with Gasteiger partial charge in [-0.05, 0) is 19.1 Å². The molecule has 0 aromatic carbocycles. The molecule has 1 aromatic heterocycles. The standard InChI is InChI=1S/C18H28N4O5S/c1-3-15(25)22-16-13(24)7-11(8-23)27-18(16)28-9-12(19)17(26)21-14-6-4-5-10(2)20-14/h4-6,11-13,16,18,23-24H,3,7-9,19H2,1-2H3,(H,22,25)(H,20,21,26)/t11-,12?,13?,16+,18-/m0/s1. The number of rotatable bonds is 8. The first kappa shape index (κ1) is 22.6. The average Bonchev–Trinajstić information content (AvgIpc) is 2.67. The zero-order chi connectivity index (χ0) is 20.7. The topological polar surface area (TPSA) is 147 Å². The molecule has 1 aliphatic rings. The Bertz CT molecular complexity index is 677. The van der Waals surface area contributed by atoms with Gasteiger partial charge in [-0.1, -0.05) is 13.0 Å². The third kappa shape index (κ3) is 6.42. The lowest BCUT2D eigenvalue weighted by atomic mass is 10.0. The number of ether oxygens (including phenoxy) is 1. The molecule has 0 saturated carbocycles. The molecule has 2 rings (SSSR count). The van der Waals surface area contributed by atoms with E-state index in [1.807, 2.05) is 13.0 Å². The predicted octanol–water partition coefficient (Wildman–Crippen LogP) is -0.248. The largest absolute Gasteiger partial charge is 0.394 e. The van der Waals surface area contributed by atoms with E-state index in [0.717, 1.165) is 5.69 Å². The Kier molecular flexibility index (Phi) is 8.64. The van der Waals surface area contributed by atoms with E-state index < -0.39 is 35.6 Å². The Morgan fingerprint density at radius 3 is 2.86 bits per heavy atom. The zero-order valence-electron chi connectivity index (χ0n) is 16.0. The molecule has 6 N–H and O–H groups in total. The van der Waals surface area contributed by atoms with E-state index in [1.165, 1.54) is 11.8 Å². The van der Waals surface area contributed by atoms with Gasteiger partial charge in [0.2, 0.25) is 11.8 Å². The number of amides is 2. The van der Waals surface area contributed by atoms with Crippen LogP contribution in [0, 0.1) is 6.92 Å². The lowest BCUT2D eigenvalue weighted by molar-refractivity contribution is -0.130. The van der Waals surface area contributed by atoms with Gasteiger partial charge in [-0.2, -0.15) is 0 Å². The minimum absolute atomic E-state index is 0.200. The lowest BCUT2D eigenvalue weighted by Gasteiger charge is -2.39. The van der Waals surface area contributed by atoms with E-state index in [4.69, 9.17) is 10.5 Å². The summed E-state index contributed by atoms with van der Waals surface area (Å²) in [6.07, 6.45) is -0.910. The molecule has 2 heterocycles. The summed E-state index contributed by atoms with van der Waals surface area (Å²) >= 11 is 1.22. The number of thioether (sulfide) groups is 1. The van der Waals surface area contributed by atoms with Crippen LogP contribution >= 0.6 is 11.8 Å². The lowest BCUT2D eigenvalue weighted by Crippen LogP contribution is -2.56. The van der Waals surface area contributed by atoms with E-state index in [-0.39, 0.29) is 31.1 Å². The molecule has 1 fully saturated rings. The second kappa shape index (κ2) is 10.7. The first-order chi connectivity index (χ1) is 13.3. The van der Waals surface area contributed by atoms with Crippen molar-refractivity contribution >= 4 is 29.4 Å². The van der Waals surface area contributed by atoms with E-state index in [1.54, 1.807) is 19.1 Å². The Labute approximate surface area is 168 Å². The molecular weight excluding hydrogens is 384 g/mol. The normalized spacial score (nSPS) is 25.8. The van der Waals surface area contributed by atoms with Crippen LogP contribution in [0.25, 0.3) is 0 Å². The van der Waals surface area contributed by atoms with Crippen LogP contribution in [0.3, 0.4) is 0 Å². The molecule has 156 valence electrons. The second-order valence-electron chi connectivity index (χ2n) is 6.65. The summed E-state index contributed by atoms with van der Waals surface area (Å²) in [6.45, 7) is 3.29. The van der Waals surface area contributed by atoms with Crippen LogP contribution in [0.1, 0.15) is 25.5 Å². The van der Waals surface area contributed by atoms with E-state index >= 15 is 0 Å². The summed E-state index contributed by atoms with van der Waals surface area (Å²) in [5.74, 6) is 0.0115. The van der Waals surface area contributed by atoms with Gasteiger partial charge in [0.25, 0.3) is 0 Å². The maximum Gasteiger partial charge on any atom is 0.243 e.